The molecule has 0 aliphatic heterocycles. The lowest BCUT2D eigenvalue weighted by Gasteiger charge is -2.37. The fourth-order valence-corrected chi connectivity index (χ4v) is 2.16. The van der Waals surface area contributed by atoms with E-state index in [2.05, 4.69) is 32.6 Å². The van der Waals surface area contributed by atoms with Gasteiger partial charge in [-0.15, -0.1) is 18.2 Å². The molecule has 1 atom stereocenters. The summed E-state index contributed by atoms with van der Waals surface area (Å²) in [4.78, 5) is -0.430. The second-order valence-corrected chi connectivity index (χ2v) is 7.63. The van der Waals surface area contributed by atoms with Crippen LogP contribution in [0.15, 0.2) is 43.0 Å². The summed E-state index contributed by atoms with van der Waals surface area (Å²) in [7, 11) is 1.03. The van der Waals surface area contributed by atoms with E-state index in [9.17, 15) is 0 Å². The first kappa shape index (κ1) is 11.5. The molecule has 0 radical (unpaired) electrons. The van der Waals surface area contributed by atoms with Crippen LogP contribution in [0, 0.1) is 0 Å². The van der Waals surface area contributed by atoms with Gasteiger partial charge in [-0.25, -0.2) is 0 Å². The minimum absolute atomic E-state index is 0.0949. The number of benzene rings is 1. The average Bonchev–Trinajstić information content (AvgIpc) is 2.16. The summed E-state index contributed by atoms with van der Waals surface area (Å²) >= 11 is 6.64. The van der Waals surface area contributed by atoms with Crippen LogP contribution in [0.3, 0.4) is 0 Å². The molecule has 0 N–H and O–H groups in total. The second kappa shape index (κ2) is 3.91. The summed E-state index contributed by atoms with van der Waals surface area (Å²) in [5, 5.41) is 0.0949. The number of hydrogen-bond acceptors (Lipinski definition) is 0. The molecule has 76 valence electrons. The topological polar surface area (TPSA) is 0 Å². The van der Waals surface area contributed by atoms with Crippen molar-refractivity contribution in [2.75, 3.05) is 0 Å². The molecule has 14 heavy (non-hydrogen) atoms. The van der Waals surface area contributed by atoms with Crippen molar-refractivity contribution in [2.24, 2.45) is 0 Å². The fraction of sp³-hybridized carbons (Fsp3) is 0.333. The highest BCUT2D eigenvalue weighted by molar-refractivity contribution is 6.32. The van der Waals surface area contributed by atoms with E-state index < -0.39 is 4.87 Å². The van der Waals surface area contributed by atoms with Crippen molar-refractivity contribution >= 4 is 21.8 Å². The van der Waals surface area contributed by atoms with Crippen molar-refractivity contribution in [1.29, 1.82) is 0 Å². The molecule has 0 fully saturated rings. The van der Waals surface area contributed by atoms with E-state index >= 15 is 0 Å². The van der Waals surface area contributed by atoms with Crippen LogP contribution in [-0.2, 0) is 4.87 Å². The van der Waals surface area contributed by atoms with Crippen molar-refractivity contribution in [3.05, 3.63) is 48.6 Å². The Morgan fingerprint density at radius 1 is 1.29 bits per heavy atom. The minimum atomic E-state index is -0.430. The third kappa shape index (κ3) is 1.94. The average molecular weight is 225 g/mol. The Hall–Kier alpha value is -0.533. The van der Waals surface area contributed by atoms with Gasteiger partial charge in [0.15, 0.2) is 0 Å². The van der Waals surface area contributed by atoms with Crippen molar-refractivity contribution in [1.82, 2.24) is 0 Å². The van der Waals surface area contributed by atoms with E-state index in [1.54, 1.807) is 0 Å². The van der Waals surface area contributed by atoms with Gasteiger partial charge < -0.3 is 0 Å². The summed E-state index contributed by atoms with van der Waals surface area (Å²) in [5.41, 5.74) is 1.14. The molecular formula is C12H17ClSi. The minimum Gasteiger partial charge on any atom is -0.109 e. The highest BCUT2D eigenvalue weighted by atomic mass is 35.5. The van der Waals surface area contributed by atoms with Crippen LogP contribution in [0.1, 0.15) is 19.4 Å². The molecule has 0 saturated heterocycles. The van der Waals surface area contributed by atoms with Crippen LogP contribution < -0.4 is 0 Å². The lowest BCUT2D eigenvalue weighted by atomic mass is 9.86. The highest BCUT2D eigenvalue weighted by Gasteiger charge is 2.38. The first-order valence-electron chi connectivity index (χ1n) is 4.80. The third-order valence-electron chi connectivity index (χ3n) is 2.57. The summed E-state index contributed by atoms with van der Waals surface area (Å²) in [6.07, 6.45) is 1.86. The number of allylic oxidation sites excluding steroid dienone is 1. The van der Waals surface area contributed by atoms with E-state index in [0.29, 0.717) is 0 Å². The van der Waals surface area contributed by atoms with Gasteiger partial charge in [-0.05, 0) is 10.6 Å². The first-order chi connectivity index (χ1) is 6.42. The van der Waals surface area contributed by atoms with E-state index in [1.807, 2.05) is 24.3 Å². The molecule has 0 saturated carbocycles. The van der Waals surface area contributed by atoms with E-state index in [4.69, 9.17) is 11.6 Å². The molecule has 2 heteroatoms. The molecule has 0 bridgehead atoms. The maximum atomic E-state index is 6.64. The Bertz CT molecular complexity index is 313. The van der Waals surface area contributed by atoms with Crippen molar-refractivity contribution < 1.29 is 0 Å². The van der Waals surface area contributed by atoms with Gasteiger partial charge in [0, 0.05) is 10.2 Å². The lowest BCUT2D eigenvalue weighted by molar-refractivity contribution is 0.548. The Balaban J connectivity index is 3.22. The van der Waals surface area contributed by atoms with Crippen molar-refractivity contribution in [3.63, 3.8) is 0 Å². The Morgan fingerprint density at radius 3 is 2.14 bits per heavy atom. The maximum absolute atomic E-state index is 6.64. The Morgan fingerprint density at radius 2 is 1.79 bits per heavy atom. The van der Waals surface area contributed by atoms with E-state index in [-0.39, 0.29) is 5.04 Å². The van der Waals surface area contributed by atoms with Crippen LogP contribution in [-0.4, -0.2) is 10.2 Å². The van der Waals surface area contributed by atoms with Crippen LogP contribution in [0.2, 0.25) is 5.04 Å². The molecule has 1 aromatic carbocycles. The number of alkyl halides is 1. The van der Waals surface area contributed by atoms with E-state index in [0.717, 1.165) is 15.8 Å². The molecule has 0 amide bonds. The second-order valence-electron chi connectivity index (χ2n) is 4.53. The summed E-state index contributed by atoms with van der Waals surface area (Å²) in [5.74, 6) is 0. The molecule has 0 aliphatic carbocycles. The van der Waals surface area contributed by atoms with Gasteiger partial charge in [-0.2, -0.15) is 0 Å². The zero-order chi connectivity index (χ0) is 10.8. The third-order valence-corrected chi connectivity index (χ3v) is 4.61. The van der Waals surface area contributed by atoms with Gasteiger partial charge in [0.1, 0.15) is 0 Å². The maximum Gasteiger partial charge on any atom is 0.0890 e. The molecule has 0 aliphatic rings. The summed E-state index contributed by atoms with van der Waals surface area (Å²) in [6.45, 7) is 8.23. The molecular weight excluding hydrogens is 208 g/mol. The predicted molar refractivity (Wildman–Crippen MR) is 68.2 cm³/mol. The molecule has 0 nitrogen and oxygen atoms in total. The van der Waals surface area contributed by atoms with Gasteiger partial charge in [0.2, 0.25) is 0 Å². The number of hydrogen-bond donors (Lipinski definition) is 0. The van der Waals surface area contributed by atoms with Crippen LogP contribution in [0.4, 0.5) is 0 Å². The lowest BCUT2D eigenvalue weighted by Crippen LogP contribution is -2.29. The van der Waals surface area contributed by atoms with Crippen LogP contribution in [0.25, 0.3) is 0 Å². The molecule has 1 rings (SSSR count). The molecule has 0 heterocycles. The highest BCUT2D eigenvalue weighted by Crippen LogP contribution is 2.49. The first-order valence-corrected chi connectivity index (χ1v) is 6.17. The van der Waals surface area contributed by atoms with Gasteiger partial charge in [0.25, 0.3) is 0 Å². The molecule has 1 aromatic rings. The fourth-order valence-electron chi connectivity index (χ4n) is 1.54. The normalized spacial score (nSPS) is 16.2. The Kier molecular flexibility index (Phi) is 3.23. The van der Waals surface area contributed by atoms with Gasteiger partial charge in [0.05, 0.1) is 4.87 Å². The summed E-state index contributed by atoms with van der Waals surface area (Å²) < 4.78 is 0. The van der Waals surface area contributed by atoms with Crippen molar-refractivity contribution in [2.45, 2.75) is 23.8 Å². The zero-order valence-corrected chi connectivity index (χ0v) is 11.8. The SMILES string of the molecule is C=CC(Cl)(c1ccccc1)C(C)(C)[SiH3]. The zero-order valence-electron chi connectivity index (χ0n) is 9.05. The quantitative estimate of drug-likeness (QED) is 0.421. The standard InChI is InChI=1S/C12H17ClSi/c1-4-12(13,11(2,3)14)10-8-6-5-7-9-10/h4-9H,1H2,2-3,14H3. The molecule has 0 spiro atoms. The summed E-state index contributed by atoms with van der Waals surface area (Å²) in [6, 6.07) is 10.2. The van der Waals surface area contributed by atoms with Gasteiger partial charge >= 0.3 is 0 Å². The van der Waals surface area contributed by atoms with Crippen LogP contribution >= 0.6 is 11.6 Å². The Labute approximate surface area is 94.4 Å². The van der Waals surface area contributed by atoms with Crippen LogP contribution in [0.5, 0.6) is 0 Å². The predicted octanol–water partition coefficient (Wildman–Crippen LogP) is 2.87. The van der Waals surface area contributed by atoms with Crippen molar-refractivity contribution in [3.8, 4) is 0 Å². The smallest absolute Gasteiger partial charge is 0.0890 e. The van der Waals surface area contributed by atoms with Gasteiger partial charge in [-0.1, -0.05) is 50.3 Å². The molecule has 0 aromatic heterocycles. The monoisotopic (exact) mass is 224 g/mol. The van der Waals surface area contributed by atoms with E-state index in [1.165, 1.54) is 0 Å². The number of halogens is 1. The molecule has 1 unspecified atom stereocenters. The number of rotatable bonds is 3. The van der Waals surface area contributed by atoms with Gasteiger partial charge in [-0.3, -0.25) is 0 Å². The largest absolute Gasteiger partial charge is 0.109 e.